The number of hydrogen-bond donors (Lipinski definition) is 0. The lowest BCUT2D eigenvalue weighted by molar-refractivity contribution is -0.168. The number of hydrogen-bond acceptors (Lipinski definition) is 5. The van der Waals surface area contributed by atoms with Crippen molar-refractivity contribution in [2.75, 3.05) is 34.1 Å². The summed E-state index contributed by atoms with van der Waals surface area (Å²) in [6.07, 6.45) is 6.18. The zero-order chi connectivity index (χ0) is 14.8. The van der Waals surface area contributed by atoms with E-state index in [9.17, 15) is 9.59 Å². The maximum absolute atomic E-state index is 11.8. The van der Waals surface area contributed by atoms with Gasteiger partial charge in [0.25, 0.3) is 11.8 Å². The first-order valence-electron chi connectivity index (χ1n) is 5.61. The van der Waals surface area contributed by atoms with Crippen LogP contribution in [-0.2, 0) is 19.3 Å². The number of allylic oxidation sites excluding steroid dienone is 2. The van der Waals surface area contributed by atoms with Gasteiger partial charge >= 0.3 is 0 Å². The fraction of sp³-hybridized carbons (Fsp3) is 0.500. The van der Waals surface area contributed by atoms with Gasteiger partial charge in [-0.1, -0.05) is 6.08 Å². The predicted octanol–water partition coefficient (Wildman–Crippen LogP) is 1.22. The summed E-state index contributed by atoms with van der Waals surface area (Å²) >= 11 is 1.28. The van der Waals surface area contributed by atoms with Crippen molar-refractivity contribution in [1.82, 2.24) is 10.1 Å². The number of rotatable bonds is 7. The molecule has 0 atom stereocenters. The summed E-state index contributed by atoms with van der Waals surface area (Å²) in [5.74, 6) is -0.555. The third-order valence-electron chi connectivity index (χ3n) is 2.23. The molecule has 0 aromatic heterocycles. The van der Waals surface area contributed by atoms with Crippen LogP contribution in [0.15, 0.2) is 23.1 Å². The number of likely N-dealkylation sites (N-methyl/N-ethyl adjacent to an activating group) is 2. The predicted molar refractivity (Wildman–Crippen MR) is 74.9 cm³/mol. The molecule has 0 aliphatic rings. The second-order valence-corrected chi connectivity index (χ2v) is 4.14. The van der Waals surface area contributed by atoms with Crippen molar-refractivity contribution in [3.05, 3.63) is 23.1 Å². The van der Waals surface area contributed by atoms with Crippen LogP contribution in [-0.4, -0.2) is 56.0 Å². The second kappa shape index (κ2) is 9.60. The molecule has 6 nitrogen and oxygen atoms in total. The van der Waals surface area contributed by atoms with Gasteiger partial charge in [0.1, 0.15) is 0 Å². The zero-order valence-electron chi connectivity index (χ0n) is 11.9. The van der Waals surface area contributed by atoms with E-state index in [0.717, 1.165) is 5.06 Å². The van der Waals surface area contributed by atoms with E-state index in [1.54, 1.807) is 19.3 Å². The van der Waals surface area contributed by atoms with Gasteiger partial charge in [0.2, 0.25) is 0 Å². The van der Waals surface area contributed by atoms with E-state index in [1.807, 2.05) is 0 Å². The lowest BCUT2D eigenvalue weighted by Crippen LogP contribution is -2.27. The standard InChI is InChI=1S/C12H20N2O4S/c1-6-14(18-4)11(15)9-7-8-10(19-5)12(16)13(2)17-3/h7-9H,6H2,1-5H3/b9-7+,10-8-. The van der Waals surface area contributed by atoms with E-state index in [4.69, 9.17) is 9.68 Å². The van der Waals surface area contributed by atoms with Crippen LogP contribution in [0.25, 0.3) is 0 Å². The van der Waals surface area contributed by atoms with Gasteiger partial charge in [-0.2, -0.15) is 0 Å². The largest absolute Gasteiger partial charge is 0.283 e. The van der Waals surface area contributed by atoms with E-state index in [-0.39, 0.29) is 11.8 Å². The normalized spacial score (nSPS) is 11.7. The van der Waals surface area contributed by atoms with Gasteiger partial charge in [-0.05, 0) is 19.3 Å². The Bertz CT molecular complexity index is 365. The van der Waals surface area contributed by atoms with Crippen molar-refractivity contribution < 1.29 is 19.3 Å². The van der Waals surface area contributed by atoms with Gasteiger partial charge in [0, 0.05) is 19.7 Å². The van der Waals surface area contributed by atoms with Crippen molar-refractivity contribution >= 4 is 23.6 Å². The van der Waals surface area contributed by atoms with Gasteiger partial charge in [-0.25, -0.2) is 10.1 Å². The lowest BCUT2D eigenvalue weighted by Gasteiger charge is -2.15. The summed E-state index contributed by atoms with van der Waals surface area (Å²) in [5, 5.41) is 2.32. The molecule has 0 N–H and O–H groups in total. The van der Waals surface area contributed by atoms with Crippen molar-refractivity contribution in [1.29, 1.82) is 0 Å². The maximum Gasteiger partial charge on any atom is 0.283 e. The molecule has 0 heterocycles. The Balaban J connectivity index is 4.74. The SMILES string of the molecule is CCN(OC)C(=O)/C=C/C=C(\SC)C(=O)N(C)OC. The van der Waals surface area contributed by atoms with Crippen molar-refractivity contribution in [2.45, 2.75) is 6.92 Å². The molecule has 0 radical (unpaired) electrons. The fourth-order valence-electron chi connectivity index (χ4n) is 1.14. The van der Waals surface area contributed by atoms with Gasteiger partial charge in [-0.3, -0.25) is 19.3 Å². The summed E-state index contributed by atoms with van der Waals surface area (Å²) in [6.45, 7) is 2.25. The van der Waals surface area contributed by atoms with Crippen LogP contribution < -0.4 is 0 Å². The quantitative estimate of drug-likeness (QED) is 0.400. The molecule has 0 saturated heterocycles. The zero-order valence-corrected chi connectivity index (χ0v) is 12.7. The number of hydroxylamine groups is 4. The molecule has 0 aliphatic carbocycles. The summed E-state index contributed by atoms with van der Waals surface area (Å²) in [7, 11) is 4.35. The number of amides is 2. The minimum absolute atomic E-state index is 0.272. The van der Waals surface area contributed by atoms with Crippen LogP contribution in [0.3, 0.4) is 0 Å². The Labute approximate surface area is 117 Å². The Morgan fingerprint density at radius 1 is 1.26 bits per heavy atom. The molecular formula is C12H20N2O4S. The van der Waals surface area contributed by atoms with E-state index in [0.29, 0.717) is 11.4 Å². The van der Waals surface area contributed by atoms with E-state index < -0.39 is 0 Å². The first kappa shape index (κ1) is 17.7. The Kier molecular flexibility index (Phi) is 8.94. The van der Waals surface area contributed by atoms with Crippen LogP contribution in [0.4, 0.5) is 0 Å². The Morgan fingerprint density at radius 3 is 2.32 bits per heavy atom. The molecule has 0 unspecified atom stereocenters. The molecule has 0 fully saturated rings. The van der Waals surface area contributed by atoms with Crippen LogP contribution in [0.1, 0.15) is 6.92 Å². The number of carbonyl (C=O) groups excluding carboxylic acids is 2. The highest BCUT2D eigenvalue weighted by molar-refractivity contribution is 8.03. The molecule has 0 rings (SSSR count). The first-order valence-corrected chi connectivity index (χ1v) is 6.84. The second-order valence-electron chi connectivity index (χ2n) is 3.29. The fourth-order valence-corrected chi connectivity index (χ4v) is 1.66. The molecule has 0 aromatic carbocycles. The molecule has 0 bridgehead atoms. The summed E-state index contributed by atoms with van der Waals surface area (Å²) in [6, 6.07) is 0. The average Bonchev–Trinajstić information content (AvgIpc) is 2.43. The monoisotopic (exact) mass is 288 g/mol. The van der Waals surface area contributed by atoms with Gasteiger partial charge in [0.15, 0.2) is 0 Å². The molecule has 2 amide bonds. The maximum atomic E-state index is 11.8. The van der Waals surface area contributed by atoms with E-state index in [1.165, 1.54) is 50.2 Å². The Morgan fingerprint density at radius 2 is 1.89 bits per heavy atom. The molecule has 0 saturated carbocycles. The van der Waals surface area contributed by atoms with Crippen molar-refractivity contribution in [2.24, 2.45) is 0 Å². The molecule has 0 aliphatic heterocycles. The van der Waals surface area contributed by atoms with E-state index in [2.05, 4.69) is 0 Å². The first-order chi connectivity index (χ1) is 9.01. The molecule has 19 heavy (non-hydrogen) atoms. The molecule has 7 heteroatoms. The smallest absolute Gasteiger partial charge is 0.274 e. The summed E-state index contributed by atoms with van der Waals surface area (Å²) < 4.78 is 0. The third kappa shape index (κ3) is 5.91. The molecular weight excluding hydrogens is 268 g/mol. The van der Waals surface area contributed by atoms with Crippen molar-refractivity contribution in [3.8, 4) is 0 Å². The summed E-state index contributed by atoms with van der Waals surface area (Å²) in [5.41, 5.74) is 0. The highest BCUT2D eigenvalue weighted by atomic mass is 32.2. The highest BCUT2D eigenvalue weighted by Crippen LogP contribution is 2.14. The topological polar surface area (TPSA) is 59.1 Å². The molecule has 0 aromatic rings. The minimum Gasteiger partial charge on any atom is -0.274 e. The van der Waals surface area contributed by atoms with Gasteiger partial charge in [0.05, 0.1) is 19.1 Å². The van der Waals surface area contributed by atoms with Gasteiger partial charge in [-0.15, -0.1) is 11.8 Å². The van der Waals surface area contributed by atoms with Crippen LogP contribution >= 0.6 is 11.8 Å². The average molecular weight is 288 g/mol. The van der Waals surface area contributed by atoms with E-state index >= 15 is 0 Å². The molecule has 108 valence electrons. The molecule has 0 spiro atoms. The lowest BCUT2D eigenvalue weighted by atomic mass is 10.4. The third-order valence-corrected chi connectivity index (χ3v) is 2.98. The highest BCUT2D eigenvalue weighted by Gasteiger charge is 2.12. The van der Waals surface area contributed by atoms with Crippen LogP contribution in [0, 0.1) is 0 Å². The number of nitrogens with zero attached hydrogens (tertiary/aromatic N) is 2. The van der Waals surface area contributed by atoms with Crippen LogP contribution in [0.2, 0.25) is 0 Å². The summed E-state index contributed by atoms with van der Waals surface area (Å²) in [4.78, 5) is 33.5. The Hall–Kier alpha value is -1.31. The van der Waals surface area contributed by atoms with Crippen LogP contribution in [0.5, 0.6) is 0 Å². The van der Waals surface area contributed by atoms with Crippen molar-refractivity contribution in [3.63, 3.8) is 0 Å². The van der Waals surface area contributed by atoms with Gasteiger partial charge < -0.3 is 0 Å². The number of thioether (sulfide) groups is 1. The minimum atomic E-state index is -0.283. The number of carbonyl (C=O) groups is 2.